The van der Waals surface area contributed by atoms with E-state index in [1.807, 2.05) is 0 Å². The summed E-state index contributed by atoms with van der Waals surface area (Å²) in [6.45, 7) is 2.21. The number of aryl methyl sites for hydroxylation is 1. The highest BCUT2D eigenvalue weighted by atomic mass is 32.2. The van der Waals surface area contributed by atoms with Crippen LogP contribution in [-0.2, 0) is 16.5 Å². The van der Waals surface area contributed by atoms with Crippen LogP contribution >= 0.6 is 0 Å². The minimum Gasteiger partial charge on any atom is -0.508 e. The van der Waals surface area contributed by atoms with Gasteiger partial charge < -0.3 is 9.84 Å². The van der Waals surface area contributed by atoms with Crippen LogP contribution in [0, 0.1) is 0 Å². The Kier molecular flexibility index (Phi) is 9.48. The Bertz CT molecular complexity index is 844. The Morgan fingerprint density at radius 2 is 1.34 bits per heavy atom. The van der Waals surface area contributed by atoms with Gasteiger partial charge in [0.05, 0.1) is 4.90 Å². The van der Waals surface area contributed by atoms with Gasteiger partial charge in [-0.3, -0.25) is 4.55 Å². The molecule has 0 spiro atoms. The lowest BCUT2D eigenvalue weighted by molar-refractivity contribution is 0.462. The predicted molar refractivity (Wildman–Crippen MR) is 115 cm³/mol. The summed E-state index contributed by atoms with van der Waals surface area (Å²) in [5.74, 6) is 1.18. The van der Waals surface area contributed by atoms with Gasteiger partial charge in [0.15, 0.2) is 0 Å². The molecule has 2 aromatic carbocycles. The standard InChI is InChI=1S/C23H32O5S/c1-2-3-4-5-6-7-8-9-10-11-19-18-22(16-17-23(19)29(25,26)27)28-21-14-12-20(24)13-15-21/h12-18,24H,2-11H2,1H3,(H,25,26,27). The predicted octanol–water partition coefficient (Wildman–Crippen LogP) is 6.50. The highest BCUT2D eigenvalue weighted by molar-refractivity contribution is 7.85. The average molecular weight is 421 g/mol. The SMILES string of the molecule is CCCCCCCCCCCc1cc(Oc2ccc(O)cc2)ccc1S(=O)(=O)O. The molecule has 0 radical (unpaired) electrons. The van der Waals surface area contributed by atoms with E-state index in [1.165, 1.54) is 62.8 Å². The summed E-state index contributed by atoms with van der Waals surface area (Å²) >= 11 is 0. The zero-order valence-corrected chi connectivity index (χ0v) is 18.0. The summed E-state index contributed by atoms with van der Waals surface area (Å²) in [5, 5.41) is 9.36. The van der Waals surface area contributed by atoms with Crippen LogP contribution < -0.4 is 4.74 Å². The van der Waals surface area contributed by atoms with E-state index in [1.54, 1.807) is 18.2 Å². The molecular weight excluding hydrogens is 388 g/mol. The van der Waals surface area contributed by atoms with E-state index in [-0.39, 0.29) is 10.6 Å². The summed E-state index contributed by atoms with van der Waals surface area (Å²) < 4.78 is 38.7. The summed E-state index contributed by atoms with van der Waals surface area (Å²) in [6, 6.07) is 10.9. The highest BCUT2D eigenvalue weighted by Gasteiger charge is 2.16. The van der Waals surface area contributed by atoms with Gasteiger partial charge in [0.2, 0.25) is 0 Å². The van der Waals surface area contributed by atoms with Gasteiger partial charge in [0.25, 0.3) is 10.1 Å². The molecule has 0 atom stereocenters. The minimum absolute atomic E-state index is 0.0601. The van der Waals surface area contributed by atoms with E-state index in [9.17, 15) is 18.1 Å². The molecule has 0 aliphatic carbocycles. The quantitative estimate of drug-likeness (QED) is 0.285. The van der Waals surface area contributed by atoms with Crippen molar-refractivity contribution < 1.29 is 22.8 Å². The number of hydrogen-bond acceptors (Lipinski definition) is 4. The molecule has 0 saturated carbocycles. The van der Waals surface area contributed by atoms with Crippen molar-refractivity contribution in [3.05, 3.63) is 48.0 Å². The fraction of sp³-hybridized carbons (Fsp3) is 0.478. The fourth-order valence-corrected chi connectivity index (χ4v) is 4.08. The van der Waals surface area contributed by atoms with Gasteiger partial charge in [0.1, 0.15) is 17.2 Å². The first-order valence-corrected chi connectivity index (χ1v) is 11.9. The summed E-state index contributed by atoms with van der Waals surface area (Å²) in [7, 11) is -4.28. The molecule has 5 nitrogen and oxygen atoms in total. The maximum atomic E-state index is 11.7. The van der Waals surface area contributed by atoms with Gasteiger partial charge in [-0.15, -0.1) is 0 Å². The van der Waals surface area contributed by atoms with Gasteiger partial charge >= 0.3 is 0 Å². The van der Waals surface area contributed by atoms with Crippen molar-refractivity contribution in [2.45, 2.75) is 76.0 Å². The molecular formula is C23H32O5S. The van der Waals surface area contributed by atoms with Crippen molar-refractivity contribution >= 4 is 10.1 Å². The van der Waals surface area contributed by atoms with Crippen LogP contribution in [0.5, 0.6) is 17.2 Å². The zero-order chi connectivity index (χ0) is 21.1. The molecule has 0 amide bonds. The van der Waals surface area contributed by atoms with Crippen molar-refractivity contribution in [2.75, 3.05) is 0 Å². The Morgan fingerprint density at radius 3 is 1.93 bits per heavy atom. The van der Waals surface area contributed by atoms with Crippen molar-refractivity contribution in [1.82, 2.24) is 0 Å². The Balaban J connectivity index is 1.92. The molecule has 160 valence electrons. The second-order valence-corrected chi connectivity index (χ2v) is 8.81. The molecule has 0 fully saturated rings. The van der Waals surface area contributed by atoms with Gasteiger partial charge in [-0.05, 0) is 60.9 Å². The van der Waals surface area contributed by atoms with Gasteiger partial charge in [-0.25, -0.2) is 0 Å². The molecule has 0 bridgehead atoms. The van der Waals surface area contributed by atoms with Crippen LogP contribution in [-0.4, -0.2) is 18.1 Å². The van der Waals surface area contributed by atoms with E-state index < -0.39 is 10.1 Å². The molecule has 0 saturated heterocycles. The third-order valence-electron chi connectivity index (χ3n) is 4.93. The van der Waals surface area contributed by atoms with Crippen LogP contribution in [0.15, 0.2) is 47.4 Å². The number of aromatic hydroxyl groups is 1. The molecule has 2 aromatic rings. The summed E-state index contributed by atoms with van der Waals surface area (Å²) in [4.78, 5) is -0.0601. The number of benzene rings is 2. The summed E-state index contributed by atoms with van der Waals surface area (Å²) in [6.07, 6.45) is 11.2. The minimum atomic E-state index is -4.28. The number of ether oxygens (including phenoxy) is 1. The van der Waals surface area contributed by atoms with Crippen molar-refractivity contribution in [3.63, 3.8) is 0 Å². The normalized spacial score (nSPS) is 11.5. The van der Waals surface area contributed by atoms with Crippen molar-refractivity contribution in [2.24, 2.45) is 0 Å². The molecule has 29 heavy (non-hydrogen) atoms. The molecule has 2 rings (SSSR count). The van der Waals surface area contributed by atoms with E-state index >= 15 is 0 Å². The average Bonchev–Trinajstić information content (AvgIpc) is 2.68. The second kappa shape index (κ2) is 11.8. The number of phenolic OH excluding ortho intramolecular Hbond substituents is 1. The van der Waals surface area contributed by atoms with Crippen LogP contribution in [0.25, 0.3) is 0 Å². The topological polar surface area (TPSA) is 83.8 Å². The molecule has 0 aromatic heterocycles. The van der Waals surface area contributed by atoms with E-state index in [0.29, 0.717) is 23.5 Å². The lowest BCUT2D eigenvalue weighted by atomic mass is 10.0. The largest absolute Gasteiger partial charge is 0.508 e. The number of rotatable bonds is 13. The smallest absolute Gasteiger partial charge is 0.294 e. The third-order valence-corrected chi connectivity index (χ3v) is 5.89. The van der Waals surface area contributed by atoms with Crippen LogP contribution in [0.3, 0.4) is 0 Å². The fourth-order valence-electron chi connectivity index (χ4n) is 3.34. The van der Waals surface area contributed by atoms with Crippen LogP contribution in [0.2, 0.25) is 0 Å². The first kappa shape index (κ1) is 23.2. The number of phenols is 1. The number of hydrogen-bond donors (Lipinski definition) is 2. The van der Waals surface area contributed by atoms with Crippen molar-refractivity contribution in [3.8, 4) is 17.2 Å². The molecule has 2 N–H and O–H groups in total. The van der Waals surface area contributed by atoms with Crippen LogP contribution in [0.1, 0.15) is 70.3 Å². The lowest BCUT2D eigenvalue weighted by Gasteiger charge is -2.11. The first-order chi connectivity index (χ1) is 13.9. The van der Waals surface area contributed by atoms with E-state index in [0.717, 1.165) is 19.3 Å². The maximum absolute atomic E-state index is 11.7. The highest BCUT2D eigenvalue weighted by Crippen LogP contribution is 2.28. The molecule has 0 unspecified atom stereocenters. The van der Waals surface area contributed by atoms with E-state index in [4.69, 9.17) is 4.74 Å². The van der Waals surface area contributed by atoms with E-state index in [2.05, 4.69) is 6.92 Å². The molecule has 6 heteroatoms. The van der Waals surface area contributed by atoms with Crippen molar-refractivity contribution in [1.29, 1.82) is 0 Å². The van der Waals surface area contributed by atoms with Gasteiger partial charge in [0, 0.05) is 0 Å². The summed E-state index contributed by atoms with van der Waals surface area (Å²) in [5.41, 5.74) is 0.562. The van der Waals surface area contributed by atoms with Gasteiger partial charge in [-0.1, -0.05) is 58.3 Å². The Morgan fingerprint density at radius 1 is 0.793 bits per heavy atom. The zero-order valence-electron chi connectivity index (χ0n) is 17.1. The molecule has 0 aliphatic heterocycles. The Hall–Kier alpha value is -2.05. The molecule has 0 aliphatic rings. The van der Waals surface area contributed by atoms with Crippen LogP contribution in [0.4, 0.5) is 0 Å². The van der Waals surface area contributed by atoms with Gasteiger partial charge in [-0.2, -0.15) is 8.42 Å². The lowest BCUT2D eigenvalue weighted by Crippen LogP contribution is -2.04. The number of unbranched alkanes of at least 4 members (excludes halogenated alkanes) is 8. The maximum Gasteiger partial charge on any atom is 0.294 e. The first-order valence-electron chi connectivity index (χ1n) is 10.5. The second-order valence-electron chi connectivity index (χ2n) is 7.42. The third kappa shape index (κ3) is 8.46. The Labute approximate surface area is 174 Å². The monoisotopic (exact) mass is 420 g/mol. The molecule has 0 heterocycles.